The van der Waals surface area contributed by atoms with Crippen LogP contribution in [0, 0.1) is 5.92 Å². The molecule has 3 rings (SSSR count). The third-order valence-corrected chi connectivity index (χ3v) is 5.45. The smallest absolute Gasteiger partial charge is 0.416 e. The summed E-state index contributed by atoms with van der Waals surface area (Å²) in [4.78, 5) is 23.8. The maximum Gasteiger partial charge on any atom is 0.416 e. The van der Waals surface area contributed by atoms with Gasteiger partial charge in [-0.2, -0.15) is 13.2 Å². The molecule has 0 amide bonds. The number of nitrogens with one attached hydrogen (secondary N) is 1. The molecule has 0 spiro atoms. The van der Waals surface area contributed by atoms with Crippen molar-refractivity contribution in [2.45, 2.75) is 32.5 Å². The summed E-state index contributed by atoms with van der Waals surface area (Å²) >= 11 is 6.14. The number of hydrogen-bond donors (Lipinski definition) is 2. The topological polar surface area (TPSA) is 88.8 Å². The van der Waals surface area contributed by atoms with E-state index in [1.807, 2.05) is 0 Å². The van der Waals surface area contributed by atoms with E-state index in [0.29, 0.717) is 6.42 Å². The zero-order valence-corrected chi connectivity index (χ0v) is 19.2. The van der Waals surface area contributed by atoms with Crippen LogP contribution in [-0.4, -0.2) is 30.3 Å². The van der Waals surface area contributed by atoms with Gasteiger partial charge in [-0.1, -0.05) is 31.5 Å². The molecule has 0 bridgehead atoms. The summed E-state index contributed by atoms with van der Waals surface area (Å²) in [7, 11) is 0. The second-order valence-corrected chi connectivity index (χ2v) is 8.42. The predicted molar refractivity (Wildman–Crippen MR) is 122 cm³/mol. The molecule has 182 valence electrons. The fraction of sp³-hybridized carbons (Fsp3) is 0.333. The predicted octanol–water partition coefficient (Wildman–Crippen LogP) is 5.60. The van der Waals surface area contributed by atoms with Gasteiger partial charge in [-0.25, -0.2) is 0 Å². The van der Waals surface area contributed by atoms with Crippen LogP contribution in [-0.2, 0) is 11.0 Å². The number of ether oxygens (including phenoxy) is 1. The minimum atomic E-state index is -4.60. The number of rotatable bonds is 9. The Balaban J connectivity index is 1.88. The molecule has 0 saturated heterocycles. The van der Waals surface area contributed by atoms with Crippen molar-refractivity contribution in [1.29, 1.82) is 0 Å². The van der Waals surface area contributed by atoms with Crippen LogP contribution in [0.25, 0.3) is 22.3 Å². The molecule has 34 heavy (non-hydrogen) atoms. The highest BCUT2D eigenvalue weighted by molar-refractivity contribution is 6.34. The van der Waals surface area contributed by atoms with E-state index < -0.39 is 29.2 Å². The number of benzene rings is 2. The molecule has 0 radical (unpaired) electrons. The minimum absolute atomic E-state index is 0.00428. The molecule has 3 aromatic rings. The molecule has 0 aliphatic rings. The lowest BCUT2D eigenvalue weighted by Gasteiger charge is -2.18. The first kappa shape index (κ1) is 25.6. The first-order valence-electron chi connectivity index (χ1n) is 10.5. The number of aliphatic carboxylic acids is 1. The van der Waals surface area contributed by atoms with Crippen molar-refractivity contribution in [3.8, 4) is 17.1 Å². The molecule has 0 aliphatic carbocycles. The summed E-state index contributed by atoms with van der Waals surface area (Å²) in [6.45, 7) is 3.82. The number of carboxylic acids is 1. The Hall–Kier alpha value is -3.04. The van der Waals surface area contributed by atoms with Gasteiger partial charge in [0.2, 0.25) is 0 Å². The van der Waals surface area contributed by atoms with E-state index >= 15 is 0 Å². The lowest BCUT2D eigenvalue weighted by atomic mass is 10.0. The Labute approximate surface area is 198 Å². The first-order chi connectivity index (χ1) is 16.0. The Bertz CT molecular complexity index is 1240. The van der Waals surface area contributed by atoms with Crippen LogP contribution in [0.2, 0.25) is 5.02 Å². The average Bonchev–Trinajstić information content (AvgIpc) is 2.75. The molecular formula is C24H23ClF3NO5. The van der Waals surface area contributed by atoms with Crippen molar-refractivity contribution < 1.29 is 32.2 Å². The van der Waals surface area contributed by atoms with Crippen molar-refractivity contribution in [3.05, 3.63) is 63.3 Å². The lowest BCUT2D eigenvalue weighted by Crippen LogP contribution is -2.41. The number of fused-ring (bicyclic) bond motifs is 1. The van der Waals surface area contributed by atoms with Gasteiger partial charge in [-0.15, -0.1) is 0 Å². The highest BCUT2D eigenvalue weighted by Crippen LogP contribution is 2.38. The van der Waals surface area contributed by atoms with E-state index in [0.717, 1.165) is 12.1 Å². The summed E-state index contributed by atoms with van der Waals surface area (Å²) in [5.41, 5.74) is -1.04. The van der Waals surface area contributed by atoms with E-state index in [1.54, 1.807) is 19.9 Å². The van der Waals surface area contributed by atoms with Crippen LogP contribution in [0.1, 0.15) is 25.8 Å². The maximum absolute atomic E-state index is 13.3. The van der Waals surface area contributed by atoms with Gasteiger partial charge in [0.1, 0.15) is 17.6 Å². The van der Waals surface area contributed by atoms with Gasteiger partial charge < -0.3 is 19.6 Å². The molecule has 2 N–H and O–H groups in total. The van der Waals surface area contributed by atoms with Crippen molar-refractivity contribution in [3.63, 3.8) is 0 Å². The molecular weight excluding hydrogens is 475 g/mol. The Morgan fingerprint density at radius 1 is 1.21 bits per heavy atom. The van der Waals surface area contributed by atoms with Crippen LogP contribution in [0.5, 0.6) is 5.75 Å². The zero-order valence-electron chi connectivity index (χ0n) is 18.4. The van der Waals surface area contributed by atoms with Crippen molar-refractivity contribution in [1.82, 2.24) is 5.32 Å². The lowest BCUT2D eigenvalue weighted by molar-refractivity contribution is -0.140. The fourth-order valence-corrected chi connectivity index (χ4v) is 3.63. The summed E-state index contributed by atoms with van der Waals surface area (Å²) in [5, 5.41) is 12.5. The number of carboxylic acid groups (broad SMARTS) is 1. The summed E-state index contributed by atoms with van der Waals surface area (Å²) in [6.07, 6.45) is -4.27. The Morgan fingerprint density at radius 2 is 1.94 bits per heavy atom. The molecule has 10 heteroatoms. The third kappa shape index (κ3) is 5.90. The van der Waals surface area contributed by atoms with Crippen molar-refractivity contribution >= 4 is 28.5 Å². The molecule has 0 unspecified atom stereocenters. The van der Waals surface area contributed by atoms with Crippen LogP contribution >= 0.6 is 11.6 Å². The second-order valence-electron chi connectivity index (χ2n) is 8.02. The monoisotopic (exact) mass is 497 g/mol. The molecule has 0 saturated carbocycles. The van der Waals surface area contributed by atoms with Crippen molar-refractivity contribution in [2.75, 3.05) is 13.2 Å². The third-order valence-electron chi connectivity index (χ3n) is 5.16. The number of para-hydroxylation sites is 1. The van der Waals surface area contributed by atoms with Gasteiger partial charge in [-0.05, 0) is 49.2 Å². The highest BCUT2D eigenvalue weighted by atomic mass is 35.5. The van der Waals surface area contributed by atoms with Gasteiger partial charge in [-0.3, -0.25) is 9.59 Å². The van der Waals surface area contributed by atoms with Crippen LogP contribution in [0.4, 0.5) is 13.2 Å². The average molecular weight is 498 g/mol. The number of halogens is 4. The molecule has 6 nitrogen and oxygen atoms in total. The van der Waals surface area contributed by atoms with E-state index in [4.69, 9.17) is 20.8 Å². The first-order valence-corrected chi connectivity index (χ1v) is 10.9. The largest absolute Gasteiger partial charge is 0.493 e. The molecule has 1 aromatic heterocycles. The molecule has 1 heterocycles. The van der Waals surface area contributed by atoms with E-state index in [-0.39, 0.29) is 52.1 Å². The fourth-order valence-electron chi connectivity index (χ4n) is 3.42. The quantitative estimate of drug-likeness (QED) is 0.374. The van der Waals surface area contributed by atoms with Crippen molar-refractivity contribution in [2.24, 2.45) is 5.92 Å². The van der Waals surface area contributed by atoms with Gasteiger partial charge in [0.25, 0.3) is 0 Å². The van der Waals surface area contributed by atoms with E-state index in [1.165, 1.54) is 24.3 Å². The Kier molecular flexibility index (Phi) is 7.89. The standard InChI is InChI=1S/C24H23ClF3NO5/c1-13(2)21(23(31)32)29-9-4-10-33-19-11-14(24(26,27)28)7-8-16(19)20-12-18(30)15-5-3-6-17(25)22(15)34-20/h3,5-8,11-13,21,29H,4,9-10H2,1-2H3,(H,31,32)/t21-/m1/s1. The van der Waals surface area contributed by atoms with Crippen LogP contribution in [0.15, 0.2) is 51.7 Å². The SMILES string of the molecule is CC(C)[C@@H](NCCCOc1cc(C(F)(F)F)ccc1-c1cc(=O)c2cccc(Cl)c2o1)C(=O)O. The second kappa shape index (κ2) is 10.5. The van der Waals surface area contributed by atoms with Gasteiger partial charge in [0.15, 0.2) is 11.0 Å². The minimum Gasteiger partial charge on any atom is -0.493 e. The molecule has 0 fully saturated rings. The van der Waals surface area contributed by atoms with E-state index in [9.17, 15) is 27.9 Å². The van der Waals surface area contributed by atoms with Crippen LogP contribution < -0.4 is 15.5 Å². The number of hydrogen-bond acceptors (Lipinski definition) is 5. The zero-order chi connectivity index (χ0) is 25.0. The molecule has 1 atom stereocenters. The summed E-state index contributed by atoms with van der Waals surface area (Å²) in [5.74, 6) is -1.24. The van der Waals surface area contributed by atoms with Gasteiger partial charge >= 0.3 is 12.1 Å². The summed E-state index contributed by atoms with van der Waals surface area (Å²) in [6, 6.07) is 7.99. The maximum atomic E-state index is 13.3. The Morgan fingerprint density at radius 3 is 2.59 bits per heavy atom. The van der Waals surface area contributed by atoms with Crippen LogP contribution in [0.3, 0.4) is 0 Å². The molecule has 0 aliphatic heterocycles. The number of alkyl halides is 3. The number of carbonyl (C=O) groups is 1. The summed E-state index contributed by atoms with van der Waals surface area (Å²) < 4.78 is 51.3. The highest BCUT2D eigenvalue weighted by Gasteiger charge is 2.32. The van der Waals surface area contributed by atoms with Gasteiger partial charge in [0, 0.05) is 6.07 Å². The normalized spacial score (nSPS) is 12.8. The van der Waals surface area contributed by atoms with E-state index in [2.05, 4.69) is 5.32 Å². The molecule has 2 aromatic carbocycles. The van der Waals surface area contributed by atoms with Gasteiger partial charge in [0.05, 0.1) is 28.1 Å².